The van der Waals surface area contributed by atoms with E-state index in [9.17, 15) is 9.90 Å². The van der Waals surface area contributed by atoms with Crippen LogP contribution in [0.4, 0.5) is 0 Å². The predicted molar refractivity (Wildman–Crippen MR) is 95.6 cm³/mol. The van der Waals surface area contributed by atoms with Crippen LogP contribution in [0, 0.1) is 20.8 Å². The van der Waals surface area contributed by atoms with Gasteiger partial charge in [0.25, 0.3) is 0 Å². The average molecular weight is 328 g/mol. The maximum Gasteiger partial charge on any atom is 0.201 e. The van der Waals surface area contributed by atoms with Crippen molar-refractivity contribution in [2.75, 3.05) is 6.61 Å². The van der Waals surface area contributed by atoms with Gasteiger partial charge in [0.1, 0.15) is 5.76 Å². The maximum absolute atomic E-state index is 12.5. The first-order chi connectivity index (χ1) is 11.5. The van der Waals surface area contributed by atoms with E-state index in [0.717, 1.165) is 19.3 Å². The van der Waals surface area contributed by atoms with Gasteiger partial charge in [-0.25, -0.2) is 0 Å². The first kappa shape index (κ1) is 17.1. The summed E-state index contributed by atoms with van der Waals surface area (Å²) < 4.78 is 5.49. The fraction of sp³-hybridized carbons (Fsp3) is 0.571. The summed E-state index contributed by atoms with van der Waals surface area (Å²) in [7, 11) is 0. The fourth-order valence-electron chi connectivity index (χ4n) is 4.39. The van der Waals surface area contributed by atoms with E-state index in [1.807, 2.05) is 6.92 Å². The standard InChI is InChI=1S/C21H28O3/c1-5-9-24-21-18(22)10-15(11-19(21)23)20-14(4)12(2)13(3)16-7-6-8-17(16)20/h15,22H,5-11H2,1-4H3. The lowest BCUT2D eigenvalue weighted by atomic mass is 9.77. The zero-order chi connectivity index (χ0) is 17.4. The number of Topliss-reactive ketones (excluding diaryl/α,β-unsaturated/α-hetero) is 1. The third-order valence-electron chi connectivity index (χ3n) is 5.77. The minimum Gasteiger partial charge on any atom is -0.508 e. The Balaban J connectivity index is 2.00. The molecule has 1 unspecified atom stereocenters. The molecule has 130 valence electrons. The van der Waals surface area contributed by atoms with Crippen LogP contribution in [0.2, 0.25) is 0 Å². The SMILES string of the molecule is CCCOC1=C(O)CC(c2c(C)c(C)c(C)c3c2CCC3)CC1=O. The predicted octanol–water partition coefficient (Wildman–Crippen LogP) is 4.74. The summed E-state index contributed by atoms with van der Waals surface area (Å²) in [5.74, 6) is 0.361. The quantitative estimate of drug-likeness (QED) is 0.868. The molecule has 2 aliphatic carbocycles. The van der Waals surface area contributed by atoms with Crippen LogP contribution in [-0.4, -0.2) is 17.5 Å². The second-order valence-electron chi connectivity index (χ2n) is 7.25. The number of fused-ring (bicyclic) bond motifs is 1. The molecule has 2 aliphatic rings. The molecule has 1 N–H and O–H groups in total. The zero-order valence-electron chi connectivity index (χ0n) is 15.3. The number of rotatable bonds is 4. The number of ketones is 1. The Hall–Kier alpha value is -1.77. The van der Waals surface area contributed by atoms with Gasteiger partial charge in [-0.1, -0.05) is 6.92 Å². The van der Waals surface area contributed by atoms with Gasteiger partial charge in [0.2, 0.25) is 5.78 Å². The highest BCUT2D eigenvalue weighted by molar-refractivity contribution is 5.95. The van der Waals surface area contributed by atoms with Crippen LogP contribution >= 0.6 is 0 Å². The summed E-state index contributed by atoms with van der Waals surface area (Å²) in [6.45, 7) is 9.05. The lowest BCUT2D eigenvalue weighted by molar-refractivity contribution is -0.120. The molecule has 1 aromatic carbocycles. The molecule has 0 heterocycles. The van der Waals surface area contributed by atoms with Crippen LogP contribution in [0.15, 0.2) is 11.5 Å². The van der Waals surface area contributed by atoms with Gasteiger partial charge in [0, 0.05) is 12.8 Å². The fourth-order valence-corrected chi connectivity index (χ4v) is 4.39. The van der Waals surface area contributed by atoms with Crippen molar-refractivity contribution in [1.82, 2.24) is 0 Å². The van der Waals surface area contributed by atoms with Gasteiger partial charge in [-0.15, -0.1) is 0 Å². The Kier molecular flexibility index (Phi) is 4.71. The molecule has 0 radical (unpaired) electrons. The zero-order valence-corrected chi connectivity index (χ0v) is 15.3. The molecule has 0 saturated carbocycles. The molecule has 0 saturated heterocycles. The molecule has 0 aromatic heterocycles. The van der Waals surface area contributed by atoms with Crippen molar-refractivity contribution in [3.8, 4) is 0 Å². The normalized spacial score (nSPS) is 20.5. The highest BCUT2D eigenvalue weighted by Gasteiger charge is 2.34. The molecule has 3 nitrogen and oxygen atoms in total. The minimum absolute atomic E-state index is 0.0541. The van der Waals surface area contributed by atoms with Crippen molar-refractivity contribution >= 4 is 5.78 Å². The lowest BCUT2D eigenvalue weighted by Crippen LogP contribution is -2.22. The van der Waals surface area contributed by atoms with Crippen molar-refractivity contribution in [2.45, 2.75) is 72.1 Å². The van der Waals surface area contributed by atoms with E-state index in [2.05, 4.69) is 20.8 Å². The number of carbonyl (C=O) groups excluding carboxylic acids is 1. The van der Waals surface area contributed by atoms with Crippen molar-refractivity contribution in [3.63, 3.8) is 0 Å². The molecular weight excluding hydrogens is 300 g/mol. The lowest BCUT2D eigenvalue weighted by Gasteiger charge is -2.28. The summed E-state index contributed by atoms with van der Waals surface area (Å²) in [4.78, 5) is 12.5. The van der Waals surface area contributed by atoms with Crippen molar-refractivity contribution in [2.24, 2.45) is 0 Å². The molecule has 1 atom stereocenters. The second kappa shape index (κ2) is 6.62. The van der Waals surface area contributed by atoms with E-state index in [1.165, 1.54) is 39.8 Å². The van der Waals surface area contributed by atoms with E-state index in [-0.39, 0.29) is 23.2 Å². The number of benzene rings is 1. The second-order valence-corrected chi connectivity index (χ2v) is 7.25. The Morgan fingerprint density at radius 3 is 2.42 bits per heavy atom. The van der Waals surface area contributed by atoms with E-state index < -0.39 is 0 Å². The van der Waals surface area contributed by atoms with Crippen LogP contribution in [-0.2, 0) is 22.4 Å². The molecule has 1 aromatic rings. The van der Waals surface area contributed by atoms with E-state index in [0.29, 0.717) is 19.4 Å². The Labute approximate surface area is 144 Å². The van der Waals surface area contributed by atoms with Crippen molar-refractivity contribution in [1.29, 1.82) is 0 Å². The first-order valence-corrected chi connectivity index (χ1v) is 9.15. The van der Waals surface area contributed by atoms with Gasteiger partial charge in [0.05, 0.1) is 6.61 Å². The van der Waals surface area contributed by atoms with E-state index in [4.69, 9.17) is 4.74 Å². The van der Waals surface area contributed by atoms with Gasteiger partial charge in [-0.3, -0.25) is 4.79 Å². The smallest absolute Gasteiger partial charge is 0.201 e. The summed E-state index contributed by atoms with van der Waals surface area (Å²) in [6, 6.07) is 0. The molecule has 24 heavy (non-hydrogen) atoms. The highest BCUT2D eigenvalue weighted by atomic mass is 16.5. The molecule has 0 fully saturated rings. The summed E-state index contributed by atoms with van der Waals surface area (Å²) in [6.07, 6.45) is 5.22. The molecule has 0 aliphatic heterocycles. The molecule has 3 rings (SSSR count). The van der Waals surface area contributed by atoms with Crippen LogP contribution in [0.3, 0.4) is 0 Å². The molecule has 0 spiro atoms. The monoisotopic (exact) mass is 328 g/mol. The Morgan fingerprint density at radius 1 is 1.04 bits per heavy atom. The third-order valence-corrected chi connectivity index (χ3v) is 5.77. The molecule has 0 amide bonds. The van der Waals surface area contributed by atoms with Gasteiger partial charge < -0.3 is 9.84 Å². The highest BCUT2D eigenvalue weighted by Crippen LogP contribution is 2.42. The van der Waals surface area contributed by atoms with Crippen LogP contribution < -0.4 is 0 Å². The van der Waals surface area contributed by atoms with E-state index in [1.54, 1.807) is 0 Å². The number of allylic oxidation sites excluding steroid dienone is 2. The van der Waals surface area contributed by atoms with Crippen LogP contribution in [0.5, 0.6) is 0 Å². The van der Waals surface area contributed by atoms with Crippen molar-refractivity contribution < 1.29 is 14.6 Å². The van der Waals surface area contributed by atoms with Gasteiger partial charge in [-0.05, 0) is 85.8 Å². The molecule has 0 bridgehead atoms. The van der Waals surface area contributed by atoms with Gasteiger partial charge >= 0.3 is 0 Å². The summed E-state index contributed by atoms with van der Waals surface area (Å²) in [5, 5.41) is 10.4. The topological polar surface area (TPSA) is 46.5 Å². The number of hydrogen-bond acceptors (Lipinski definition) is 3. The number of carbonyl (C=O) groups is 1. The number of hydrogen-bond donors (Lipinski definition) is 1. The number of aliphatic hydroxyl groups excluding tert-OH is 1. The minimum atomic E-state index is -0.0541. The summed E-state index contributed by atoms with van der Waals surface area (Å²) >= 11 is 0. The van der Waals surface area contributed by atoms with Crippen LogP contribution in [0.1, 0.15) is 71.9 Å². The Bertz CT molecular complexity index is 713. The van der Waals surface area contributed by atoms with Crippen molar-refractivity contribution in [3.05, 3.63) is 44.9 Å². The largest absolute Gasteiger partial charge is 0.508 e. The summed E-state index contributed by atoms with van der Waals surface area (Å²) in [5.41, 5.74) is 8.31. The maximum atomic E-state index is 12.5. The number of aliphatic hydroxyl groups is 1. The molecule has 3 heteroatoms. The van der Waals surface area contributed by atoms with Crippen LogP contribution in [0.25, 0.3) is 0 Å². The first-order valence-electron chi connectivity index (χ1n) is 9.15. The van der Waals surface area contributed by atoms with E-state index >= 15 is 0 Å². The van der Waals surface area contributed by atoms with Gasteiger partial charge in [0.15, 0.2) is 5.76 Å². The Morgan fingerprint density at radius 2 is 1.75 bits per heavy atom. The average Bonchev–Trinajstić information content (AvgIpc) is 3.01. The van der Waals surface area contributed by atoms with Gasteiger partial charge in [-0.2, -0.15) is 0 Å². The third kappa shape index (κ3) is 2.74. The number of ether oxygens (including phenoxy) is 1. The molecular formula is C21H28O3.